The summed E-state index contributed by atoms with van der Waals surface area (Å²) in [6.45, 7) is 2.85. The van der Waals surface area contributed by atoms with Gasteiger partial charge in [-0.2, -0.15) is 0 Å². The normalized spacial score (nSPS) is 30.1. The Morgan fingerprint density at radius 2 is 1.67 bits per heavy atom. The number of carbonyl (C=O) groups excluding carboxylic acids is 1. The summed E-state index contributed by atoms with van der Waals surface area (Å²) in [7, 11) is 0. The summed E-state index contributed by atoms with van der Waals surface area (Å²) in [6, 6.07) is 1.01. The van der Waals surface area contributed by atoms with E-state index in [4.69, 9.17) is 0 Å². The van der Waals surface area contributed by atoms with Gasteiger partial charge >= 0.3 is 0 Å². The van der Waals surface area contributed by atoms with Gasteiger partial charge in [0, 0.05) is 12.1 Å². The fraction of sp³-hybridized carbons (Fsp3) is 0.933. The van der Waals surface area contributed by atoms with Crippen LogP contribution in [-0.4, -0.2) is 24.5 Å². The summed E-state index contributed by atoms with van der Waals surface area (Å²) < 4.78 is 0. The molecule has 2 aliphatic carbocycles. The molecule has 0 aromatic carbocycles. The maximum absolute atomic E-state index is 11.8. The van der Waals surface area contributed by atoms with Crippen molar-refractivity contribution in [2.75, 3.05) is 6.54 Å². The van der Waals surface area contributed by atoms with Crippen molar-refractivity contribution in [3.05, 3.63) is 0 Å². The number of carbonyl (C=O) groups is 1. The van der Waals surface area contributed by atoms with E-state index < -0.39 is 0 Å². The number of hydrogen-bond acceptors (Lipinski definition) is 2. The van der Waals surface area contributed by atoms with Crippen LogP contribution in [0.4, 0.5) is 0 Å². The first-order valence-corrected chi connectivity index (χ1v) is 7.77. The smallest absolute Gasteiger partial charge is 0.234 e. The average Bonchev–Trinajstić information content (AvgIpc) is 2.76. The Balaban J connectivity index is 1.62. The first-order chi connectivity index (χ1) is 8.74. The molecule has 2 N–H and O–H groups in total. The molecule has 2 fully saturated rings. The lowest BCUT2D eigenvalue weighted by atomic mass is 10.0. The van der Waals surface area contributed by atoms with Crippen molar-refractivity contribution in [3.63, 3.8) is 0 Å². The van der Waals surface area contributed by atoms with Crippen molar-refractivity contribution < 1.29 is 4.79 Å². The molecule has 0 aromatic heterocycles. The zero-order valence-electron chi connectivity index (χ0n) is 11.7. The molecule has 0 heterocycles. The van der Waals surface area contributed by atoms with Crippen LogP contribution in [0.1, 0.15) is 64.7 Å². The monoisotopic (exact) mass is 252 g/mol. The second-order valence-electron chi connectivity index (χ2n) is 6.24. The van der Waals surface area contributed by atoms with Gasteiger partial charge in [0.1, 0.15) is 0 Å². The fourth-order valence-electron chi connectivity index (χ4n) is 3.28. The van der Waals surface area contributed by atoms with Gasteiger partial charge in [0.05, 0.1) is 6.54 Å². The quantitative estimate of drug-likeness (QED) is 0.755. The second kappa shape index (κ2) is 7.13. The minimum Gasteiger partial charge on any atom is -0.352 e. The maximum atomic E-state index is 11.8. The van der Waals surface area contributed by atoms with Gasteiger partial charge in [-0.15, -0.1) is 0 Å². The highest BCUT2D eigenvalue weighted by Crippen LogP contribution is 2.22. The minimum atomic E-state index is 0.194. The molecule has 3 heteroatoms. The van der Waals surface area contributed by atoms with E-state index >= 15 is 0 Å². The number of nitrogens with one attached hydrogen (secondary N) is 2. The van der Waals surface area contributed by atoms with Crippen molar-refractivity contribution in [2.24, 2.45) is 5.92 Å². The van der Waals surface area contributed by atoms with Crippen molar-refractivity contribution >= 4 is 5.91 Å². The average molecular weight is 252 g/mol. The van der Waals surface area contributed by atoms with E-state index in [-0.39, 0.29) is 5.91 Å². The van der Waals surface area contributed by atoms with E-state index in [1.807, 2.05) is 0 Å². The molecule has 2 aliphatic rings. The highest BCUT2D eigenvalue weighted by molar-refractivity contribution is 5.78. The van der Waals surface area contributed by atoms with Crippen LogP contribution >= 0.6 is 0 Å². The molecule has 0 aliphatic heterocycles. The Hall–Kier alpha value is -0.570. The van der Waals surface area contributed by atoms with E-state index in [0.29, 0.717) is 18.6 Å². The molecule has 0 radical (unpaired) electrons. The highest BCUT2D eigenvalue weighted by atomic mass is 16.1. The van der Waals surface area contributed by atoms with Gasteiger partial charge in [-0.3, -0.25) is 4.79 Å². The molecule has 2 saturated carbocycles. The number of amides is 1. The van der Waals surface area contributed by atoms with Crippen LogP contribution < -0.4 is 10.6 Å². The predicted molar refractivity (Wildman–Crippen MR) is 74.4 cm³/mol. The van der Waals surface area contributed by atoms with Crippen LogP contribution in [0, 0.1) is 5.92 Å². The molecule has 2 rings (SSSR count). The first kappa shape index (κ1) is 13.9. The van der Waals surface area contributed by atoms with Crippen LogP contribution in [0.15, 0.2) is 0 Å². The fourth-order valence-corrected chi connectivity index (χ4v) is 3.28. The molecular formula is C15H28N2O. The van der Waals surface area contributed by atoms with E-state index in [0.717, 1.165) is 5.92 Å². The SMILES string of the molecule is CC1CCCC(NCC(=O)NC2CCCC2)CC1. The van der Waals surface area contributed by atoms with Gasteiger partial charge in [-0.25, -0.2) is 0 Å². The first-order valence-electron chi connectivity index (χ1n) is 7.77. The predicted octanol–water partition coefficient (Wildman–Crippen LogP) is 2.60. The third-order valence-electron chi connectivity index (χ3n) is 4.53. The van der Waals surface area contributed by atoms with Crippen LogP contribution in [0.5, 0.6) is 0 Å². The zero-order chi connectivity index (χ0) is 12.8. The van der Waals surface area contributed by atoms with Gasteiger partial charge in [-0.05, 0) is 38.0 Å². The van der Waals surface area contributed by atoms with Crippen molar-refractivity contribution in [1.29, 1.82) is 0 Å². The van der Waals surface area contributed by atoms with Crippen molar-refractivity contribution in [1.82, 2.24) is 10.6 Å². The van der Waals surface area contributed by atoms with Crippen LogP contribution in [0.25, 0.3) is 0 Å². The maximum Gasteiger partial charge on any atom is 0.234 e. The van der Waals surface area contributed by atoms with Crippen LogP contribution in [0.2, 0.25) is 0 Å². The standard InChI is InChI=1S/C15H28N2O/c1-12-5-4-8-13(10-9-12)16-11-15(18)17-14-6-2-3-7-14/h12-14,16H,2-11H2,1H3,(H,17,18). The molecule has 2 unspecified atom stereocenters. The lowest BCUT2D eigenvalue weighted by Crippen LogP contribution is -2.42. The molecule has 0 bridgehead atoms. The van der Waals surface area contributed by atoms with Crippen molar-refractivity contribution in [2.45, 2.75) is 76.8 Å². The Morgan fingerprint density at radius 3 is 2.44 bits per heavy atom. The Labute approximate surface area is 111 Å². The highest BCUT2D eigenvalue weighted by Gasteiger charge is 2.19. The molecular weight excluding hydrogens is 224 g/mol. The van der Waals surface area contributed by atoms with Crippen LogP contribution in [0.3, 0.4) is 0 Å². The largest absolute Gasteiger partial charge is 0.352 e. The summed E-state index contributed by atoms with van der Waals surface area (Å²) in [6.07, 6.45) is 11.3. The van der Waals surface area contributed by atoms with E-state index in [1.165, 1.54) is 57.8 Å². The number of hydrogen-bond donors (Lipinski definition) is 2. The third-order valence-corrected chi connectivity index (χ3v) is 4.53. The zero-order valence-corrected chi connectivity index (χ0v) is 11.7. The molecule has 3 nitrogen and oxygen atoms in total. The van der Waals surface area contributed by atoms with E-state index in [1.54, 1.807) is 0 Å². The van der Waals surface area contributed by atoms with Gasteiger partial charge < -0.3 is 10.6 Å². The number of rotatable bonds is 4. The van der Waals surface area contributed by atoms with Gasteiger partial charge in [0.25, 0.3) is 0 Å². The Morgan fingerprint density at radius 1 is 0.944 bits per heavy atom. The van der Waals surface area contributed by atoms with Gasteiger partial charge in [0.2, 0.25) is 5.91 Å². The summed E-state index contributed by atoms with van der Waals surface area (Å²) in [4.78, 5) is 11.8. The molecule has 2 atom stereocenters. The van der Waals surface area contributed by atoms with E-state index in [9.17, 15) is 4.79 Å². The lowest BCUT2D eigenvalue weighted by molar-refractivity contribution is -0.121. The Bertz CT molecular complexity index is 261. The van der Waals surface area contributed by atoms with Gasteiger partial charge in [0.15, 0.2) is 0 Å². The molecule has 18 heavy (non-hydrogen) atoms. The minimum absolute atomic E-state index is 0.194. The summed E-state index contributed by atoms with van der Waals surface area (Å²) in [5, 5.41) is 6.59. The molecule has 0 saturated heterocycles. The lowest BCUT2D eigenvalue weighted by Gasteiger charge is -2.17. The summed E-state index contributed by atoms with van der Waals surface area (Å²) >= 11 is 0. The topological polar surface area (TPSA) is 41.1 Å². The van der Waals surface area contributed by atoms with Crippen molar-refractivity contribution in [3.8, 4) is 0 Å². The van der Waals surface area contributed by atoms with E-state index in [2.05, 4.69) is 17.6 Å². The molecule has 0 spiro atoms. The van der Waals surface area contributed by atoms with Crippen LogP contribution in [-0.2, 0) is 4.79 Å². The second-order valence-corrected chi connectivity index (χ2v) is 6.24. The third kappa shape index (κ3) is 4.60. The molecule has 104 valence electrons. The summed E-state index contributed by atoms with van der Waals surface area (Å²) in [5.41, 5.74) is 0. The summed E-state index contributed by atoms with van der Waals surface area (Å²) in [5.74, 6) is 1.06. The molecule has 1 amide bonds. The van der Waals surface area contributed by atoms with Gasteiger partial charge in [-0.1, -0.05) is 32.6 Å². The Kier molecular flexibility index (Phi) is 5.48. The molecule has 0 aromatic rings.